The van der Waals surface area contributed by atoms with E-state index in [4.69, 9.17) is 5.73 Å². The average molecular weight is 362 g/mol. The monoisotopic (exact) mass is 362 g/mol. The summed E-state index contributed by atoms with van der Waals surface area (Å²) in [6.45, 7) is 3.30. The smallest absolute Gasteiger partial charge is 0.289 e. The molecule has 2 heterocycles. The minimum absolute atomic E-state index is 0.0358. The summed E-state index contributed by atoms with van der Waals surface area (Å²) in [5, 5.41) is 5.96. The van der Waals surface area contributed by atoms with Crippen LogP contribution in [0.3, 0.4) is 0 Å². The van der Waals surface area contributed by atoms with E-state index >= 15 is 0 Å². The third-order valence-electron chi connectivity index (χ3n) is 4.42. The van der Waals surface area contributed by atoms with Gasteiger partial charge in [-0.3, -0.25) is 14.9 Å². The number of para-hydroxylation sites is 1. The van der Waals surface area contributed by atoms with Gasteiger partial charge in [-0.2, -0.15) is 0 Å². The van der Waals surface area contributed by atoms with E-state index in [1.807, 2.05) is 31.2 Å². The Morgan fingerprint density at radius 1 is 1.19 bits per heavy atom. The van der Waals surface area contributed by atoms with Gasteiger partial charge in [-0.1, -0.05) is 30.3 Å². The molecule has 2 amide bonds. The molecule has 0 bridgehead atoms. The number of hydrogen-bond acceptors (Lipinski definition) is 7. The Kier molecular flexibility index (Phi) is 3.69. The fraction of sp³-hybridized carbons (Fsp3) is 0.158. The Balaban J connectivity index is 1.83. The third kappa shape index (κ3) is 2.62. The number of aryl methyl sites for hydroxylation is 1. The number of nitrogens with one attached hydrogen (secondary N) is 2. The molecular formula is C19H18N6O2. The fourth-order valence-corrected chi connectivity index (χ4v) is 3.33. The molecule has 0 radical (unpaired) electrons. The predicted molar refractivity (Wildman–Crippen MR) is 103 cm³/mol. The van der Waals surface area contributed by atoms with Gasteiger partial charge in [-0.15, -0.1) is 0 Å². The highest BCUT2D eigenvalue weighted by atomic mass is 16.2. The topological polar surface area (TPSA) is 112 Å². The molecule has 0 saturated heterocycles. The average Bonchev–Trinajstić information content (AvgIpc) is 2.83. The second-order valence-electron chi connectivity index (χ2n) is 6.43. The van der Waals surface area contributed by atoms with Crippen LogP contribution in [0.1, 0.15) is 18.1 Å². The van der Waals surface area contributed by atoms with Crippen LogP contribution >= 0.6 is 0 Å². The van der Waals surface area contributed by atoms with Crippen LogP contribution in [0.5, 0.6) is 0 Å². The van der Waals surface area contributed by atoms with Crippen LogP contribution in [0, 0.1) is 6.92 Å². The number of benzene rings is 2. The number of nitrogens with zero attached hydrogens (tertiary/aromatic N) is 3. The number of guanidine groups is 2. The van der Waals surface area contributed by atoms with E-state index in [0.29, 0.717) is 11.3 Å². The summed E-state index contributed by atoms with van der Waals surface area (Å²) in [5.41, 5.74) is 7.18. The first-order valence-corrected chi connectivity index (χ1v) is 8.41. The molecule has 1 atom stereocenters. The highest BCUT2D eigenvalue weighted by molar-refractivity contribution is 6.24. The summed E-state index contributed by atoms with van der Waals surface area (Å²) in [6, 6.07) is 14.6. The number of hydrogen-bond donors (Lipinski definition) is 3. The maximum Gasteiger partial charge on any atom is 0.289 e. The SMILES string of the molecule is CC(=O)N1C(=O)C2(N=C(N)NC(Nc3cccc(C)c3)=N2)c2ccccc21. The minimum atomic E-state index is -1.62. The highest BCUT2D eigenvalue weighted by Crippen LogP contribution is 2.44. The number of aliphatic imine (C=N–C) groups is 2. The van der Waals surface area contributed by atoms with Crippen molar-refractivity contribution in [2.75, 3.05) is 10.2 Å². The molecule has 0 fully saturated rings. The molecule has 4 N–H and O–H groups in total. The number of fused-ring (bicyclic) bond motifs is 2. The zero-order chi connectivity index (χ0) is 19.2. The zero-order valence-corrected chi connectivity index (χ0v) is 14.9. The van der Waals surface area contributed by atoms with E-state index in [-0.39, 0.29) is 11.9 Å². The first-order valence-electron chi connectivity index (χ1n) is 8.41. The molecule has 2 aromatic carbocycles. The Morgan fingerprint density at radius 3 is 2.70 bits per heavy atom. The maximum absolute atomic E-state index is 13.2. The Bertz CT molecular complexity index is 1030. The molecule has 27 heavy (non-hydrogen) atoms. The molecule has 8 heteroatoms. The van der Waals surface area contributed by atoms with Gasteiger partial charge in [-0.25, -0.2) is 14.9 Å². The van der Waals surface area contributed by atoms with E-state index in [1.54, 1.807) is 24.3 Å². The van der Waals surface area contributed by atoms with Crippen LogP contribution in [0.15, 0.2) is 58.5 Å². The van der Waals surface area contributed by atoms with Crippen molar-refractivity contribution >= 4 is 35.1 Å². The van der Waals surface area contributed by atoms with Crippen LogP contribution in [0.2, 0.25) is 0 Å². The standard InChI is InChI=1S/C19H18N6O2/c1-11-6-5-7-13(10-11)21-18-22-17(20)23-19(24-18)14-8-3-4-9-15(14)25(12(2)26)16(19)27/h3-10H,1-2H3,(H4,20,21,22,23,24). The van der Waals surface area contributed by atoms with Crippen LogP contribution in [-0.4, -0.2) is 23.7 Å². The summed E-state index contributed by atoms with van der Waals surface area (Å²) in [4.78, 5) is 35.1. The number of nitrogens with two attached hydrogens (primary N) is 1. The van der Waals surface area contributed by atoms with E-state index in [9.17, 15) is 9.59 Å². The summed E-state index contributed by atoms with van der Waals surface area (Å²) in [7, 11) is 0. The van der Waals surface area contributed by atoms with Crippen molar-refractivity contribution < 1.29 is 9.59 Å². The molecule has 8 nitrogen and oxygen atoms in total. The lowest BCUT2D eigenvalue weighted by molar-refractivity contribution is -0.127. The van der Waals surface area contributed by atoms with E-state index in [0.717, 1.165) is 16.2 Å². The normalized spacial score (nSPS) is 20.7. The molecule has 2 aliphatic heterocycles. The van der Waals surface area contributed by atoms with Crippen molar-refractivity contribution in [2.24, 2.45) is 15.7 Å². The predicted octanol–water partition coefficient (Wildman–Crippen LogP) is 1.43. The second kappa shape index (κ2) is 5.94. The molecule has 0 aromatic heterocycles. The lowest BCUT2D eigenvalue weighted by atomic mass is 10.0. The molecule has 2 aliphatic rings. The number of carbonyl (C=O) groups is 2. The van der Waals surface area contributed by atoms with Gasteiger partial charge < -0.3 is 11.1 Å². The first-order chi connectivity index (χ1) is 12.9. The van der Waals surface area contributed by atoms with E-state index in [1.165, 1.54) is 6.92 Å². The molecule has 1 spiro atoms. The molecule has 136 valence electrons. The lowest BCUT2D eigenvalue weighted by Crippen LogP contribution is -2.51. The van der Waals surface area contributed by atoms with Crippen molar-refractivity contribution in [3.8, 4) is 0 Å². The van der Waals surface area contributed by atoms with Crippen molar-refractivity contribution in [2.45, 2.75) is 19.5 Å². The van der Waals surface area contributed by atoms with Crippen molar-refractivity contribution in [3.05, 3.63) is 59.7 Å². The van der Waals surface area contributed by atoms with Crippen molar-refractivity contribution in [1.82, 2.24) is 5.32 Å². The largest absolute Gasteiger partial charge is 0.370 e. The summed E-state index contributed by atoms with van der Waals surface area (Å²) < 4.78 is 0. The van der Waals surface area contributed by atoms with Gasteiger partial charge in [0.15, 0.2) is 5.96 Å². The zero-order valence-electron chi connectivity index (χ0n) is 14.9. The molecular weight excluding hydrogens is 344 g/mol. The fourth-order valence-electron chi connectivity index (χ4n) is 3.33. The first kappa shape index (κ1) is 16.8. The van der Waals surface area contributed by atoms with E-state index in [2.05, 4.69) is 20.6 Å². The van der Waals surface area contributed by atoms with Crippen LogP contribution in [0.4, 0.5) is 11.4 Å². The van der Waals surface area contributed by atoms with Crippen LogP contribution in [0.25, 0.3) is 0 Å². The summed E-state index contributed by atoms with van der Waals surface area (Å²) in [5.74, 6) is -0.639. The number of carbonyl (C=O) groups excluding carboxylic acids is 2. The van der Waals surface area contributed by atoms with Crippen molar-refractivity contribution in [1.29, 1.82) is 0 Å². The van der Waals surface area contributed by atoms with Gasteiger partial charge in [0.05, 0.1) is 5.69 Å². The van der Waals surface area contributed by atoms with Gasteiger partial charge in [0.2, 0.25) is 11.9 Å². The number of rotatable bonds is 1. The molecule has 2 aromatic rings. The second-order valence-corrected chi connectivity index (χ2v) is 6.43. The van der Waals surface area contributed by atoms with E-state index < -0.39 is 17.5 Å². The molecule has 0 saturated carbocycles. The van der Waals surface area contributed by atoms with Gasteiger partial charge >= 0.3 is 0 Å². The highest BCUT2D eigenvalue weighted by Gasteiger charge is 2.54. The number of imide groups is 1. The van der Waals surface area contributed by atoms with Crippen LogP contribution < -0.4 is 21.3 Å². The summed E-state index contributed by atoms with van der Waals surface area (Å²) in [6.07, 6.45) is 0. The van der Waals surface area contributed by atoms with Gasteiger partial charge in [0, 0.05) is 18.2 Å². The maximum atomic E-state index is 13.2. The molecule has 0 aliphatic carbocycles. The van der Waals surface area contributed by atoms with Gasteiger partial charge in [-0.05, 0) is 30.7 Å². The number of amides is 2. The Hall–Kier alpha value is -3.68. The van der Waals surface area contributed by atoms with Gasteiger partial charge in [0.1, 0.15) is 0 Å². The third-order valence-corrected chi connectivity index (χ3v) is 4.42. The molecule has 1 unspecified atom stereocenters. The van der Waals surface area contributed by atoms with Crippen molar-refractivity contribution in [3.63, 3.8) is 0 Å². The van der Waals surface area contributed by atoms with Crippen LogP contribution in [-0.2, 0) is 15.3 Å². The quantitative estimate of drug-likeness (QED) is 0.710. The Morgan fingerprint density at radius 2 is 1.96 bits per heavy atom. The molecule has 4 rings (SSSR count). The summed E-state index contributed by atoms with van der Waals surface area (Å²) >= 11 is 0. The minimum Gasteiger partial charge on any atom is -0.370 e. The van der Waals surface area contributed by atoms with Gasteiger partial charge in [0.25, 0.3) is 11.6 Å². The Labute approximate surface area is 155 Å². The number of anilines is 2. The lowest BCUT2D eigenvalue weighted by Gasteiger charge is -2.27.